The maximum Gasteiger partial charge on any atom is 0.329 e. The van der Waals surface area contributed by atoms with Crippen LogP contribution >= 0.6 is 0 Å². The summed E-state index contributed by atoms with van der Waals surface area (Å²) in [5.41, 5.74) is 7.07. The van der Waals surface area contributed by atoms with Crippen LogP contribution < -0.4 is 16.0 Å². The van der Waals surface area contributed by atoms with Crippen LogP contribution in [-0.4, -0.2) is 23.5 Å². The Bertz CT molecular complexity index is 554. The quantitative estimate of drug-likeness (QED) is 0.878. The smallest absolute Gasteiger partial charge is 0.329 e. The number of imide groups is 1. The van der Waals surface area contributed by atoms with Gasteiger partial charge < -0.3 is 5.73 Å². The zero-order chi connectivity index (χ0) is 14.5. The standard InChI is InChI=1S/C14H18N4O2/c1-2-3-4-5-11-10(15)6-7-12(16-11)18-9-8-13(19)17-14(18)20/h4-7H,2-3,8-9,15H2,1H3,(H,17,19,20)/b5-4-. The highest BCUT2D eigenvalue weighted by molar-refractivity contribution is 6.05. The molecule has 3 amide bonds. The van der Waals surface area contributed by atoms with E-state index in [0.717, 1.165) is 12.8 Å². The number of urea groups is 1. The van der Waals surface area contributed by atoms with Gasteiger partial charge in [0.25, 0.3) is 0 Å². The summed E-state index contributed by atoms with van der Waals surface area (Å²) < 4.78 is 0. The Balaban J connectivity index is 2.22. The zero-order valence-electron chi connectivity index (χ0n) is 11.4. The molecule has 1 aromatic rings. The van der Waals surface area contributed by atoms with Crippen molar-refractivity contribution >= 4 is 29.5 Å². The van der Waals surface area contributed by atoms with Crippen LogP contribution in [0.2, 0.25) is 0 Å². The Hall–Kier alpha value is -2.37. The third kappa shape index (κ3) is 3.14. The molecule has 0 aliphatic carbocycles. The minimum absolute atomic E-state index is 0.259. The Morgan fingerprint density at radius 2 is 2.25 bits per heavy atom. The number of amides is 3. The lowest BCUT2D eigenvalue weighted by Gasteiger charge is -2.25. The number of aromatic nitrogens is 1. The van der Waals surface area contributed by atoms with Crippen molar-refractivity contribution in [3.63, 3.8) is 0 Å². The highest BCUT2D eigenvalue weighted by atomic mass is 16.2. The van der Waals surface area contributed by atoms with Crippen molar-refractivity contribution in [2.45, 2.75) is 26.2 Å². The van der Waals surface area contributed by atoms with E-state index < -0.39 is 6.03 Å². The average molecular weight is 274 g/mol. The zero-order valence-corrected chi connectivity index (χ0v) is 11.4. The number of nitrogens with one attached hydrogen (secondary N) is 1. The van der Waals surface area contributed by atoms with Gasteiger partial charge in [-0.25, -0.2) is 9.78 Å². The van der Waals surface area contributed by atoms with Gasteiger partial charge in [-0.1, -0.05) is 19.4 Å². The Morgan fingerprint density at radius 3 is 2.95 bits per heavy atom. The van der Waals surface area contributed by atoms with Gasteiger partial charge in [-0.15, -0.1) is 0 Å². The average Bonchev–Trinajstić information content (AvgIpc) is 2.41. The third-order valence-electron chi connectivity index (χ3n) is 3.00. The normalized spacial score (nSPS) is 15.8. The first kappa shape index (κ1) is 14.0. The molecular weight excluding hydrogens is 256 g/mol. The molecule has 2 rings (SSSR count). The first-order chi connectivity index (χ1) is 9.61. The highest BCUT2D eigenvalue weighted by Crippen LogP contribution is 2.20. The molecular formula is C14H18N4O2. The molecule has 6 nitrogen and oxygen atoms in total. The summed E-state index contributed by atoms with van der Waals surface area (Å²) in [4.78, 5) is 28.7. The van der Waals surface area contributed by atoms with E-state index in [1.165, 1.54) is 4.90 Å². The van der Waals surface area contributed by atoms with Gasteiger partial charge in [-0.3, -0.25) is 15.0 Å². The minimum atomic E-state index is -0.443. The van der Waals surface area contributed by atoms with Crippen LogP contribution in [-0.2, 0) is 4.79 Å². The van der Waals surface area contributed by atoms with Gasteiger partial charge in [0.2, 0.25) is 5.91 Å². The Labute approximate surface area is 117 Å². The summed E-state index contributed by atoms with van der Waals surface area (Å²) in [5.74, 6) is 0.241. The fourth-order valence-electron chi connectivity index (χ4n) is 1.90. The van der Waals surface area contributed by atoms with Crippen LogP contribution in [0.3, 0.4) is 0 Å². The number of carbonyl (C=O) groups excluding carboxylic acids is 2. The monoisotopic (exact) mass is 274 g/mol. The van der Waals surface area contributed by atoms with E-state index in [-0.39, 0.29) is 12.3 Å². The first-order valence-electron chi connectivity index (χ1n) is 6.66. The SMILES string of the molecule is CCC/C=C\c1nc(N2CCC(=O)NC2=O)ccc1N. The molecule has 2 heterocycles. The number of nitrogen functional groups attached to an aromatic ring is 1. The fourth-order valence-corrected chi connectivity index (χ4v) is 1.90. The molecule has 0 unspecified atom stereocenters. The summed E-state index contributed by atoms with van der Waals surface area (Å²) >= 11 is 0. The maximum atomic E-state index is 11.8. The second-order valence-corrected chi connectivity index (χ2v) is 4.59. The summed E-state index contributed by atoms with van der Waals surface area (Å²) in [5, 5.41) is 2.27. The number of hydrogen-bond acceptors (Lipinski definition) is 4. The molecule has 0 saturated carbocycles. The number of carbonyl (C=O) groups is 2. The van der Waals surface area contributed by atoms with Gasteiger partial charge in [0, 0.05) is 13.0 Å². The van der Waals surface area contributed by atoms with Crippen LogP contribution in [0, 0.1) is 0 Å². The van der Waals surface area contributed by atoms with Crippen LogP contribution in [0.15, 0.2) is 18.2 Å². The second-order valence-electron chi connectivity index (χ2n) is 4.59. The molecule has 0 atom stereocenters. The molecule has 3 N–H and O–H groups in total. The van der Waals surface area contributed by atoms with Crippen LogP contribution in [0.4, 0.5) is 16.3 Å². The number of nitrogens with two attached hydrogens (primary N) is 1. The predicted molar refractivity (Wildman–Crippen MR) is 78.1 cm³/mol. The van der Waals surface area contributed by atoms with Crippen LogP contribution in [0.1, 0.15) is 31.9 Å². The van der Waals surface area contributed by atoms with Crippen molar-refractivity contribution in [2.75, 3.05) is 17.2 Å². The summed E-state index contributed by atoms with van der Waals surface area (Å²) in [7, 11) is 0. The number of hydrogen-bond donors (Lipinski definition) is 2. The van der Waals surface area contributed by atoms with Gasteiger partial charge in [0.05, 0.1) is 11.4 Å². The van der Waals surface area contributed by atoms with Crippen LogP contribution in [0.5, 0.6) is 0 Å². The fraction of sp³-hybridized carbons (Fsp3) is 0.357. The Morgan fingerprint density at radius 1 is 1.45 bits per heavy atom. The lowest BCUT2D eigenvalue weighted by Crippen LogP contribution is -2.49. The summed E-state index contributed by atoms with van der Waals surface area (Å²) in [6, 6.07) is 2.96. The molecule has 1 aromatic heterocycles. The summed E-state index contributed by atoms with van der Waals surface area (Å²) in [6.45, 7) is 2.42. The maximum absolute atomic E-state index is 11.8. The van der Waals surface area contributed by atoms with E-state index in [1.54, 1.807) is 12.1 Å². The first-order valence-corrected chi connectivity index (χ1v) is 6.66. The molecule has 0 aromatic carbocycles. The number of anilines is 2. The molecule has 106 valence electrons. The number of pyridine rings is 1. The topological polar surface area (TPSA) is 88.3 Å². The molecule has 0 spiro atoms. The number of allylic oxidation sites excluding steroid dienone is 1. The molecule has 1 aliphatic rings. The van der Waals surface area contributed by atoms with Crippen molar-refractivity contribution < 1.29 is 9.59 Å². The van der Waals surface area contributed by atoms with Crippen molar-refractivity contribution in [1.29, 1.82) is 0 Å². The number of unbranched alkanes of at least 4 members (excludes halogenated alkanes) is 1. The molecule has 0 bridgehead atoms. The van der Waals surface area contributed by atoms with Crippen molar-refractivity contribution in [1.82, 2.24) is 10.3 Å². The second kappa shape index (κ2) is 6.18. The largest absolute Gasteiger partial charge is 0.397 e. The van der Waals surface area contributed by atoms with Gasteiger partial charge in [0.1, 0.15) is 5.82 Å². The van der Waals surface area contributed by atoms with E-state index in [0.29, 0.717) is 23.7 Å². The lowest BCUT2D eigenvalue weighted by molar-refractivity contribution is -0.120. The number of nitrogens with zero attached hydrogens (tertiary/aromatic N) is 2. The molecule has 20 heavy (non-hydrogen) atoms. The highest BCUT2D eigenvalue weighted by Gasteiger charge is 2.25. The Kier molecular flexibility index (Phi) is 4.34. The van der Waals surface area contributed by atoms with Crippen LogP contribution in [0.25, 0.3) is 6.08 Å². The van der Waals surface area contributed by atoms with Crippen molar-refractivity contribution in [3.8, 4) is 0 Å². The third-order valence-corrected chi connectivity index (χ3v) is 3.00. The number of rotatable bonds is 4. The predicted octanol–water partition coefficient (Wildman–Crippen LogP) is 1.92. The van der Waals surface area contributed by atoms with E-state index in [9.17, 15) is 9.59 Å². The molecule has 0 radical (unpaired) electrons. The van der Waals surface area contributed by atoms with E-state index in [1.807, 2.05) is 12.2 Å². The molecule has 1 saturated heterocycles. The van der Waals surface area contributed by atoms with Gasteiger partial charge in [-0.2, -0.15) is 0 Å². The molecule has 6 heteroatoms. The van der Waals surface area contributed by atoms with Gasteiger partial charge >= 0.3 is 6.03 Å². The van der Waals surface area contributed by atoms with Gasteiger partial charge in [0.15, 0.2) is 0 Å². The summed E-state index contributed by atoms with van der Waals surface area (Å²) in [6.07, 6.45) is 6.13. The van der Waals surface area contributed by atoms with E-state index in [2.05, 4.69) is 17.2 Å². The van der Waals surface area contributed by atoms with E-state index >= 15 is 0 Å². The van der Waals surface area contributed by atoms with Gasteiger partial charge in [-0.05, 0) is 24.6 Å². The lowest BCUT2D eigenvalue weighted by atomic mass is 10.2. The molecule has 1 aliphatic heterocycles. The minimum Gasteiger partial charge on any atom is -0.397 e. The van der Waals surface area contributed by atoms with Crippen molar-refractivity contribution in [2.24, 2.45) is 0 Å². The van der Waals surface area contributed by atoms with E-state index in [4.69, 9.17) is 5.73 Å². The van der Waals surface area contributed by atoms with Crippen molar-refractivity contribution in [3.05, 3.63) is 23.9 Å². The molecule has 1 fully saturated rings.